The summed E-state index contributed by atoms with van der Waals surface area (Å²) in [5, 5.41) is 2.64. The van der Waals surface area contributed by atoms with Crippen molar-refractivity contribution in [2.45, 2.75) is 32.3 Å². The fourth-order valence-electron chi connectivity index (χ4n) is 3.82. The minimum absolute atomic E-state index is 0.0417. The van der Waals surface area contributed by atoms with Crippen LogP contribution >= 0.6 is 0 Å². The van der Waals surface area contributed by atoms with E-state index in [0.717, 1.165) is 4.90 Å². The van der Waals surface area contributed by atoms with Crippen molar-refractivity contribution in [1.82, 2.24) is 4.90 Å². The molecule has 1 aliphatic carbocycles. The van der Waals surface area contributed by atoms with Gasteiger partial charge in [-0.3, -0.25) is 24.1 Å². The maximum atomic E-state index is 12.4. The summed E-state index contributed by atoms with van der Waals surface area (Å²) < 4.78 is 15.6. The van der Waals surface area contributed by atoms with Crippen LogP contribution in [0.25, 0.3) is 0 Å². The highest BCUT2D eigenvalue weighted by molar-refractivity contribution is 6.05. The second-order valence-electron chi connectivity index (χ2n) is 7.42. The van der Waals surface area contributed by atoms with Crippen LogP contribution < -0.4 is 14.8 Å². The van der Waals surface area contributed by atoms with E-state index in [1.165, 1.54) is 6.92 Å². The standard InChI is InChI=1S/C21H22N2O7/c1-12(19(25)22-13-6-7-16-17(10-13)29-11-28-16)30-18(24)8-9-23-20(26)14-4-2-3-5-15(14)21(23)27/h2-3,6-7,10,12,14-15H,4-5,8-9,11H2,1H3,(H,22,25)/t12-,14-,15+/m0/s1. The highest BCUT2D eigenvalue weighted by atomic mass is 16.7. The van der Waals surface area contributed by atoms with E-state index in [1.54, 1.807) is 18.2 Å². The van der Waals surface area contributed by atoms with Gasteiger partial charge in [0.1, 0.15) is 0 Å². The molecule has 158 valence electrons. The first-order chi connectivity index (χ1) is 14.4. The second kappa shape index (κ2) is 8.17. The molecule has 0 unspecified atom stereocenters. The van der Waals surface area contributed by atoms with Crippen molar-refractivity contribution in [3.05, 3.63) is 30.4 Å². The van der Waals surface area contributed by atoms with Gasteiger partial charge in [-0.1, -0.05) is 12.2 Å². The van der Waals surface area contributed by atoms with Crippen molar-refractivity contribution < 1.29 is 33.4 Å². The van der Waals surface area contributed by atoms with Crippen LogP contribution in [-0.2, 0) is 23.9 Å². The van der Waals surface area contributed by atoms with Crippen LogP contribution in [0.1, 0.15) is 26.2 Å². The van der Waals surface area contributed by atoms with E-state index in [2.05, 4.69) is 5.32 Å². The van der Waals surface area contributed by atoms with Gasteiger partial charge >= 0.3 is 5.97 Å². The Morgan fingerprint density at radius 3 is 2.50 bits per heavy atom. The smallest absolute Gasteiger partial charge is 0.308 e. The van der Waals surface area contributed by atoms with E-state index in [9.17, 15) is 19.2 Å². The van der Waals surface area contributed by atoms with Crippen LogP contribution in [0, 0.1) is 11.8 Å². The molecular weight excluding hydrogens is 392 g/mol. The van der Waals surface area contributed by atoms with Gasteiger partial charge in [0.15, 0.2) is 17.6 Å². The molecule has 1 aromatic rings. The minimum Gasteiger partial charge on any atom is -0.454 e. The molecule has 4 rings (SSSR count). The van der Waals surface area contributed by atoms with Crippen molar-refractivity contribution in [2.75, 3.05) is 18.7 Å². The van der Waals surface area contributed by atoms with E-state index in [-0.39, 0.29) is 43.4 Å². The summed E-state index contributed by atoms with van der Waals surface area (Å²) in [5.74, 6) is -1.19. The summed E-state index contributed by atoms with van der Waals surface area (Å²) in [6.07, 6.45) is 3.71. The fraction of sp³-hybridized carbons (Fsp3) is 0.429. The largest absolute Gasteiger partial charge is 0.454 e. The number of nitrogens with zero attached hydrogens (tertiary/aromatic N) is 1. The Hall–Kier alpha value is -3.36. The van der Waals surface area contributed by atoms with Crippen molar-refractivity contribution in [1.29, 1.82) is 0 Å². The van der Waals surface area contributed by atoms with Crippen LogP contribution in [0.15, 0.2) is 30.4 Å². The third-order valence-corrected chi connectivity index (χ3v) is 5.46. The van der Waals surface area contributed by atoms with Gasteiger partial charge in [-0.2, -0.15) is 0 Å². The number of esters is 1. The molecule has 2 heterocycles. The van der Waals surface area contributed by atoms with Crippen LogP contribution in [0.5, 0.6) is 11.5 Å². The quantitative estimate of drug-likeness (QED) is 0.428. The van der Waals surface area contributed by atoms with E-state index in [4.69, 9.17) is 14.2 Å². The Labute approximate surface area is 172 Å². The van der Waals surface area contributed by atoms with E-state index >= 15 is 0 Å². The first-order valence-electron chi connectivity index (χ1n) is 9.84. The number of hydrogen-bond acceptors (Lipinski definition) is 7. The number of carbonyl (C=O) groups excluding carboxylic acids is 4. The predicted octanol–water partition coefficient (Wildman–Crippen LogP) is 1.63. The Morgan fingerprint density at radius 2 is 1.80 bits per heavy atom. The highest BCUT2D eigenvalue weighted by Gasteiger charge is 2.47. The number of benzene rings is 1. The van der Waals surface area contributed by atoms with Gasteiger partial charge in [-0.25, -0.2) is 0 Å². The van der Waals surface area contributed by atoms with Gasteiger partial charge < -0.3 is 19.5 Å². The average molecular weight is 414 g/mol. The summed E-state index contributed by atoms with van der Waals surface area (Å²) in [5.41, 5.74) is 0.483. The SMILES string of the molecule is C[C@H](OC(=O)CCN1C(=O)[C@H]2CC=CC[C@H]2C1=O)C(=O)Nc1ccc2c(c1)OCO2. The molecular formula is C21H22N2O7. The molecule has 1 saturated heterocycles. The third kappa shape index (κ3) is 3.87. The number of rotatable bonds is 6. The molecule has 3 aliphatic rings. The van der Waals surface area contributed by atoms with Crippen LogP contribution in [0.3, 0.4) is 0 Å². The molecule has 30 heavy (non-hydrogen) atoms. The molecule has 0 radical (unpaired) electrons. The molecule has 0 bridgehead atoms. The summed E-state index contributed by atoms with van der Waals surface area (Å²) in [6.45, 7) is 1.54. The lowest BCUT2D eigenvalue weighted by molar-refractivity contribution is -0.154. The summed E-state index contributed by atoms with van der Waals surface area (Å²) in [6, 6.07) is 4.94. The number of carbonyl (C=O) groups is 4. The summed E-state index contributed by atoms with van der Waals surface area (Å²) in [7, 11) is 0. The number of amides is 3. The predicted molar refractivity (Wildman–Crippen MR) is 103 cm³/mol. The first-order valence-corrected chi connectivity index (χ1v) is 9.84. The van der Waals surface area contributed by atoms with E-state index in [1.807, 2.05) is 12.2 Å². The number of nitrogens with one attached hydrogen (secondary N) is 1. The number of imide groups is 1. The van der Waals surface area contributed by atoms with Gasteiger partial charge in [0.05, 0.1) is 18.3 Å². The van der Waals surface area contributed by atoms with Crippen molar-refractivity contribution in [3.8, 4) is 11.5 Å². The van der Waals surface area contributed by atoms with Crippen LogP contribution in [-0.4, -0.2) is 48.0 Å². The molecule has 1 N–H and O–H groups in total. The van der Waals surface area contributed by atoms with Crippen LogP contribution in [0.2, 0.25) is 0 Å². The highest BCUT2D eigenvalue weighted by Crippen LogP contribution is 2.35. The van der Waals surface area contributed by atoms with Gasteiger partial charge in [0.2, 0.25) is 18.6 Å². The lowest BCUT2D eigenvalue weighted by atomic mass is 9.85. The molecule has 3 amide bonds. The molecule has 0 spiro atoms. The van der Waals surface area contributed by atoms with Crippen molar-refractivity contribution in [2.24, 2.45) is 11.8 Å². The second-order valence-corrected chi connectivity index (χ2v) is 7.42. The van der Waals surface area contributed by atoms with Crippen LogP contribution in [0.4, 0.5) is 5.69 Å². The van der Waals surface area contributed by atoms with Gasteiger partial charge in [-0.15, -0.1) is 0 Å². The van der Waals surface area contributed by atoms with E-state index in [0.29, 0.717) is 30.0 Å². The maximum absolute atomic E-state index is 12.4. The lowest BCUT2D eigenvalue weighted by Crippen LogP contribution is -2.35. The Balaban J connectivity index is 1.26. The number of likely N-dealkylation sites (tertiary alicyclic amines) is 1. The number of fused-ring (bicyclic) bond motifs is 2. The zero-order valence-electron chi connectivity index (χ0n) is 16.5. The summed E-state index contributed by atoms with van der Waals surface area (Å²) in [4.78, 5) is 50.4. The molecule has 0 aromatic heterocycles. The van der Waals surface area contributed by atoms with Gasteiger partial charge in [0.25, 0.3) is 5.91 Å². The minimum atomic E-state index is -1.04. The van der Waals surface area contributed by atoms with Gasteiger partial charge in [0, 0.05) is 18.3 Å². The molecule has 1 fully saturated rings. The Morgan fingerprint density at radius 1 is 1.13 bits per heavy atom. The third-order valence-electron chi connectivity index (χ3n) is 5.46. The number of hydrogen-bond donors (Lipinski definition) is 1. The Bertz CT molecular complexity index is 900. The Kier molecular flexibility index (Phi) is 5.43. The molecule has 1 aromatic carbocycles. The first kappa shape index (κ1) is 19.9. The monoisotopic (exact) mass is 414 g/mol. The molecule has 9 heteroatoms. The van der Waals surface area contributed by atoms with Gasteiger partial charge in [-0.05, 0) is 31.9 Å². The maximum Gasteiger partial charge on any atom is 0.308 e. The van der Waals surface area contributed by atoms with Crippen molar-refractivity contribution >= 4 is 29.4 Å². The number of allylic oxidation sites excluding steroid dienone is 2. The number of ether oxygens (including phenoxy) is 3. The van der Waals surface area contributed by atoms with E-state index < -0.39 is 18.0 Å². The molecule has 0 saturated carbocycles. The zero-order valence-corrected chi connectivity index (χ0v) is 16.5. The summed E-state index contributed by atoms with van der Waals surface area (Å²) >= 11 is 0. The zero-order chi connectivity index (χ0) is 21.3. The molecule has 3 atom stereocenters. The average Bonchev–Trinajstić information content (AvgIpc) is 3.29. The van der Waals surface area contributed by atoms with Crippen molar-refractivity contribution in [3.63, 3.8) is 0 Å². The molecule has 9 nitrogen and oxygen atoms in total. The lowest BCUT2D eigenvalue weighted by Gasteiger charge is -2.16. The normalized spacial score (nSPS) is 22.6. The number of anilines is 1. The topological polar surface area (TPSA) is 111 Å². The fourth-order valence-corrected chi connectivity index (χ4v) is 3.82. The molecule has 2 aliphatic heterocycles.